The molecular formula is C13H13N5O2. The molecule has 2 rings (SSSR count). The Hall–Kier alpha value is -2.75. The van der Waals surface area contributed by atoms with Crippen LogP contribution in [0.25, 0.3) is 5.65 Å². The number of nitrogens with zero attached hydrogens (tertiary/aromatic N) is 5. The topological polar surface area (TPSA) is 92.6 Å². The standard InChI is InChI=1S/C13H13N5O2/c1-2-20-13(19)10(7-14)8-15-9-12-17-16-11-5-3-4-6-18(11)12/h3-6,8,10H,2,9H2,1H3/t10-/m1/s1. The van der Waals surface area contributed by atoms with Gasteiger partial charge in [0.2, 0.25) is 0 Å². The monoisotopic (exact) mass is 271 g/mol. The summed E-state index contributed by atoms with van der Waals surface area (Å²) in [5, 5.41) is 16.9. The molecule has 0 spiro atoms. The lowest BCUT2D eigenvalue weighted by Crippen LogP contribution is -2.17. The molecule has 0 radical (unpaired) electrons. The van der Waals surface area contributed by atoms with Crippen molar-refractivity contribution in [2.75, 3.05) is 6.61 Å². The van der Waals surface area contributed by atoms with Crippen molar-refractivity contribution < 1.29 is 9.53 Å². The second kappa shape index (κ2) is 6.43. The second-order valence-corrected chi connectivity index (χ2v) is 3.89. The number of aromatic nitrogens is 3. The quantitative estimate of drug-likeness (QED) is 0.597. The van der Waals surface area contributed by atoms with E-state index in [9.17, 15) is 4.79 Å². The van der Waals surface area contributed by atoms with Crippen LogP contribution in [0.15, 0.2) is 29.4 Å². The smallest absolute Gasteiger partial charge is 0.328 e. The zero-order valence-corrected chi connectivity index (χ0v) is 10.9. The van der Waals surface area contributed by atoms with Crippen LogP contribution in [0, 0.1) is 17.2 Å². The third-order valence-corrected chi connectivity index (χ3v) is 2.55. The van der Waals surface area contributed by atoms with Gasteiger partial charge in [0.05, 0.1) is 19.2 Å². The largest absolute Gasteiger partial charge is 0.465 e. The summed E-state index contributed by atoms with van der Waals surface area (Å²) in [6.07, 6.45) is 3.11. The van der Waals surface area contributed by atoms with E-state index in [1.807, 2.05) is 30.5 Å². The summed E-state index contributed by atoms with van der Waals surface area (Å²) in [4.78, 5) is 15.5. The molecule has 2 aromatic heterocycles. The van der Waals surface area contributed by atoms with Crippen molar-refractivity contribution in [2.45, 2.75) is 13.5 Å². The summed E-state index contributed by atoms with van der Waals surface area (Å²) < 4.78 is 6.56. The van der Waals surface area contributed by atoms with Gasteiger partial charge in [0, 0.05) is 12.4 Å². The van der Waals surface area contributed by atoms with Gasteiger partial charge >= 0.3 is 5.97 Å². The predicted molar refractivity (Wildman–Crippen MR) is 70.9 cm³/mol. The Morgan fingerprint density at radius 2 is 2.45 bits per heavy atom. The minimum Gasteiger partial charge on any atom is -0.465 e. The van der Waals surface area contributed by atoms with Gasteiger partial charge in [-0.15, -0.1) is 10.2 Å². The van der Waals surface area contributed by atoms with E-state index in [1.54, 1.807) is 11.3 Å². The number of carbonyl (C=O) groups excluding carboxylic acids is 1. The lowest BCUT2D eigenvalue weighted by atomic mass is 10.2. The fourth-order valence-corrected chi connectivity index (χ4v) is 1.62. The summed E-state index contributed by atoms with van der Waals surface area (Å²) in [6, 6.07) is 7.39. The second-order valence-electron chi connectivity index (χ2n) is 3.89. The van der Waals surface area contributed by atoms with Crippen molar-refractivity contribution >= 4 is 17.8 Å². The van der Waals surface area contributed by atoms with Crippen LogP contribution in [0.4, 0.5) is 0 Å². The van der Waals surface area contributed by atoms with Crippen LogP contribution < -0.4 is 0 Å². The Balaban J connectivity index is 2.06. The maximum Gasteiger partial charge on any atom is 0.328 e. The van der Waals surface area contributed by atoms with E-state index in [0.29, 0.717) is 5.82 Å². The number of carbonyl (C=O) groups is 1. The van der Waals surface area contributed by atoms with Crippen LogP contribution in [0.5, 0.6) is 0 Å². The summed E-state index contributed by atoms with van der Waals surface area (Å²) >= 11 is 0. The van der Waals surface area contributed by atoms with Crippen molar-refractivity contribution in [1.82, 2.24) is 14.6 Å². The molecule has 0 saturated carbocycles. The van der Waals surface area contributed by atoms with E-state index >= 15 is 0 Å². The zero-order chi connectivity index (χ0) is 14.4. The highest BCUT2D eigenvalue weighted by Gasteiger charge is 2.16. The Morgan fingerprint density at radius 3 is 3.20 bits per heavy atom. The maximum absolute atomic E-state index is 11.4. The van der Waals surface area contributed by atoms with Gasteiger partial charge in [0.1, 0.15) is 0 Å². The third kappa shape index (κ3) is 2.98. The number of hydrogen-bond acceptors (Lipinski definition) is 6. The van der Waals surface area contributed by atoms with E-state index < -0.39 is 11.9 Å². The molecule has 0 bridgehead atoms. The third-order valence-electron chi connectivity index (χ3n) is 2.55. The number of aliphatic imine (C=N–C) groups is 1. The van der Waals surface area contributed by atoms with Crippen LogP contribution in [0.1, 0.15) is 12.7 Å². The number of esters is 1. The highest BCUT2D eigenvalue weighted by Crippen LogP contribution is 2.04. The van der Waals surface area contributed by atoms with Crippen LogP contribution in [-0.2, 0) is 16.1 Å². The molecule has 0 fully saturated rings. The van der Waals surface area contributed by atoms with Gasteiger partial charge in [-0.1, -0.05) is 6.07 Å². The fourth-order valence-electron chi connectivity index (χ4n) is 1.62. The van der Waals surface area contributed by atoms with Crippen LogP contribution in [-0.4, -0.2) is 33.4 Å². The molecule has 2 aromatic rings. The van der Waals surface area contributed by atoms with Crippen molar-refractivity contribution in [3.8, 4) is 6.07 Å². The SMILES string of the molecule is CCOC(=O)[C@H](C#N)C=NCc1nnc2ccccn12. The molecule has 0 saturated heterocycles. The normalized spacial score (nSPS) is 12.4. The van der Waals surface area contributed by atoms with E-state index in [-0.39, 0.29) is 13.2 Å². The molecule has 0 unspecified atom stereocenters. The van der Waals surface area contributed by atoms with Crippen molar-refractivity contribution in [3.63, 3.8) is 0 Å². The predicted octanol–water partition coefficient (Wildman–Crippen LogP) is 1.00. The number of rotatable bonds is 5. The van der Waals surface area contributed by atoms with Crippen LogP contribution in [0.3, 0.4) is 0 Å². The highest BCUT2D eigenvalue weighted by atomic mass is 16.5. The van der Waals surface area contributed by atoms with Gasteiger partial charge in [-0.3, -0.25) is 14.2 Å². The number of ether oxygens (including phenoxy) is 1. The first kappa shape index (κ1) is 13.7. The molecule has 0 aromatic carbocycles. The van der Waals surface area contributed by atoms with Crippen LogP contribution >= 0.6 is 0 Å². The average molecular weight is 271 g/mol. The average Bonchev–Trinajstić information content (AvgIpc) is 2.87. The number of pyridine rings is 1. The molecule has 0 aliphatic carbocycles. The fraction of sp³-hybridized carbons (Fsp3) is 0.308. The Morgan fingerprint density at radius 1 is 1.60 bits per heavy atom. The molecule has 0 aliphatic heterocycles. The Bertz CT molecular complexity index is 671. The Labute approximate surface area is 115 Å². The van der Waals surface area contributed by atoms with Crippen molar-refractivity contribution in [2.24, 2.45) is 10.9 Å². The summed E-state index contributed by atoms with van der Waals surface area (Å²) in [5.74, 6) is -0.948. The van der Waals surface area contributed by atoms with Gasteiger partial charge in [-0.2, -0.15) is 5.26 Å². The van der Waals surface area contributed by atoms with E-state index in [2.05, 4.69) is 15.2 Å². The number of nitriles is 1. The molecule has 7 heteroatoms. The molecule has 0 N–H and O–H groups in total. The lowest BCUT2D eigenvalue weighted by Gasteiger charge is -2.02. The molecule has 0 amide bonds. The number of fused-ring (bicyclic) bond motifs is 1. The molecule has 102 valence electrons. The highest BCUT2D eigenvalue weighted by molar-refractivity contribution is 5.92. The first-order chi connectivity index (χ1) is 9.76. The molecule has 0 aliphatic rings. The van der Waals surface area contributed by atoms with Crippen LogP contribution in [0.2, 0.25) is 0 Å². The summed E-state index contributed by atoms with van der Waals surface area (Å²) in [5.41, 5.74) is 0.722. The van der Waals surface area contributed by atoms with Gasteiger partial charge in [0.15, 0.2) is 17.4 Å². The molecular weight excluding hydrogens is 258 g/mol. The molecule has 20 heavy (non-hydrogen) atoms. The molecule has 1 atom stereocenters. The summed E-state index contributed by atoms with van der Waals surface area (Å²) in [7, 11) is 0. The van der Waals surface area contributed by atoms with Crippen molar-refractivity contribution in [1.29, 1.82) is 5.26 Å². The van der Waals surface area contributed by atoms with Gasteiger partial charge in [-0.25, -0.2) is 0 Å². The minimum atomic E-state index is -0.992. The van der Waals surface area contributed by atoms with Gasteiger partial charge < -0.3 is 4.74 Å². The first-order valence-electron chi connectivity index (χ1n) is 6.11. The van der Waals surface area contributed by atoms with E-state index in [4.69, 9.17) is 10.00 Å². The summed E-state index contributed by atoms with van der Waals surface area (Å²) in [6.45, 7) is 2.16. The molecule has 2 heterocycles. The maximum atomic E-state index is 11.4. The zero-order valence-electron chi connectivity index (χ0n) is 10.9. The number of hydrogen-bond donors (Lipinski definition) is 0. The van der Waals surface area contributed by atoms with E-state index in [0.717, 1.165) is 5.65 Å². The minimum absolute atomic E-state index is 0.236. The van der Waals surface area contributed by atoms with Crippen molar-refractivity contribution in [3.05, 3.63) is 30.2 Å². The molecule has 7 nitrogen and oxygen atoms in total. The van der Waals surface area contributed by atoms with Gasteiger partial charge in [0.25, 0.3) is 0 Å². The Kier molecular flexibility index (Phi) is 4.39. The van der Waals surface area contributed by atoms with E-state index in [1.165, 1.54) is 6.21 Å². The van der Waals surface area contributed by atoms with Gasteiger partial charge in [-0.05, 0) is 19.1 Å². The lowest BCUT2D eigenvalue weighted by molar-refractivity contribution is -0.143. The first-order valence-corrected chi connectivity index (χ1v) is 6.11.